The summed E-state index contributed by atoms with van der Waals surface area (Å²) >= 11 is 0. The summed E-state index contributed by atoms with van der Waals surface area (Å²) in [4.78, 5) is 14.0. The van der Waals surface area contributed by atoms with Crippen molar-refractivity contribution in [3.63, 3.8) is 0 Å². The number of morpholine rings is 1. The van der Waals surface area contributed by atoms with E-state index in [1.807, 2.05) is 4.90 Å². The van der Waals surface area contributed by atoms with Gasteiger partial charge in [-0.05, 0) is 25.7 Å². The number of nitrogens with zero attached hydrogens (tertiary/aromatic N) is 2. The number of carbonyl (C=O) groups is 1. The number of carbonyl (C=O) groups excluding carboxylic acids is 1. The number of rotatable bonds is 4. The fraction of sp³-hybridized carbons (Fsp3) is 0.941. The minimum absolute atomic E-state index is 0.125. The van der Waals surface area contributed by atoms with E-state index in [2.05, 4.69) is 7.05 Å². The van der Waals surface area contributed by atoms with Crippen molar-refractivity contribution in [1.29, 1.82) is 0 Å². The minimum Gasteiger partial charge on any atom is -0.378 e. The van der Waals surface area contributed by atoms with E-state index in [1.165, 1.54) is 49.7 Å². The molecular weight excluding hydrogens is 280 g/mol. The molecule has 0 radical (unpaired) electrons. The molecule has 1 amide bonds. The van der Waals surface area contributed by atoms with Crippen molar-refractivity contribution in [1.82, 2.24) is 4.90 Å². The van der Waals surface area contributed by atoms with Gasteiger partial charge in [0.2, 0.25) is 5.91 Å². The summed E-state index contributed by atoms with van der Waals surface area (Å²) < 4.78 is 12.4. The number of amides is 1. The summed E-state index contributed by atoms with van der Waals surface area (Å²) in [5, 5.41) is 0. The predicted molar refractivity (Wildman–Crippen MR) is 84.5 cm³/mol. The van der Waals surface area contributed by atoms with Crippen molar-refractivity contribution in [2.24, 2.45) is 5.92 Å². The van der Waals surface area contributed by atoms with E-state index in [-0.39, 0.29) is 12.5 Å². The highest BCUT2D eigenvalue weighted by molar-refractivity contribution is 5.77. The second-order valence-electron chi connectivity index (χ2n) is 7.40. The zero-order valence-electron chi connectivity index (χ0n) is 14.0. The smallest absolute Gasteiger partial charge is 0.248 e. The number of fused-ring (bicyclic) bond motifs is 1. The van der Waals surface area contributed by atoms with E-state index in [9.17, 15) is 4.79 Å². The Labute approximate surface area is 134 Å². The normalized spacial score (nSPS) is 36.0. The fourth-order valence-electron chi connectivity index (χ4n) is 4.63. The Kier molecular flexibility index (Phi) is 5.37. The molecule has 5 nitrogen and oxygen atoms in total. The Morgan fingerprint density at radius 1 is 1.18 bits per heavy atom. The van der Waals surface area contributed by atoms with Crippen molar-refractivity contribution in [3.05, 3.63) is 0 Å². The standard InChI is InChI=1S/C17H31N2O3/c1-19-9-3-2-6-16(19)15(5-4-10-19)13-22-14-17(20)18-7-11-21-12-8-18/h15-16H,2-14H2,1H3/q+1/t15-,16-,19+/m0/s1. The molecule has 3 aliphatic heterocycles. The lowest BCUT2D eigenvalue weighted by Crippen LogP contribution is -2.61. The molecule has 0 spiro atoms. The molecule has 0 bridgehead atoms. The predicted octanol–water partition coefficient (Wildman–Crippen LogP) is 1.27. The fourth-order valence-corrected chi connectivity index (χ4v) is 4.63. The lowest BCUT2D eigenvalue weighted by atomic mass is 9.82. The van der Waals surface area contributed by atoms with Gasteiger partial charge in [-0.15, -0.1) is 0 Å². The van der Waals surface area contributed by atoms with Gasteiger partial charge in [0.25, 0.3) is 0 Å². The third kappa shape index (κ3) is 3.63. The molecule has 0 saturated carbocycles. The molecule has 0 aromatic carbocycles. The molecule has 3 aliphatic rings. The van der Waals surface area contributed by atoms with Crippen LogP contribution in [0.5, 0.6) is 0 Å². The monoisotopic (exact) mass is 311 g/mol. The largest absolute Gasteiger partial charge is 0.378 e. The average Bonchev–Trinajstić information content (AvgIpc) is 2.55. The number of quaternary nitrogens is 1. The molecule has 0 aromatic heterocycles. The van der Waals surface area contributed by atoms with Gasteiger partial charge >= 0.3 is 0 Å². The summed E-state index contributed by atoms with van der Waals surface area (Å²) in [6.45, 7) is 6.40. The maximum atomic E-state index is 12.1. The number of ether oxygens (including phenoxy) is 2. The van der Waals surface area contributed by atoms with Crippen molar-refractivity contribution < 1.29 is 18.8 Å². The first-order chi connectivity index (χ1) is 10.7. The number of hydrogen-bond donors (Lipinski definition) is 0. The molecule has 0 unspecified atom stereocenters. The van der Waals surface area contributed by atoms with Crippen LogP contribution >= 0.6 is 0 Å². The van der Waals surface area contributed by atoms with Crippen molar-refractivity contribution in [3.8, 4) is 0 Å². The molecule has 3 rings (SSSR count). The van der Waals surface area contributed by atoms with Crippen molar-refractivity contribution in [2.45, 2.75) is 38.1 Å². The van der Waals surface area contributed by atoms with Gasteiger partial charge in [0, 0.05) is 25.4 Å². The Morgan fingerprint density at radius 3 is 2.77 bits per heavy atom. The van der Waals surface area contributed by atoms with Crippen molar-refractivity contribution in [2.75, 3.05) is 59.7 Å². The van der Waals surface area contributed by atoms with Crippen LogP contribution in [0.25, 0.3) is 0 Å². The molecule has 3 fully saturated rings. The zero-order chi connectivity index (χ0) is 15.4. The third-order valence-corrected chi connectivity index (χ3v) is 5.93. The van der Waals surface area contributed by atoms with E-state index in [4.69, 9.17) is 9.47 Å². The second kappa shape index (κ2) is 7.28. The number of hydrogen-bond acceptors (Lipinski definition) is 3. The molecule has 0 aromatic rings. The lowest BCUT2D eigenvalue weighted by molar-refractivity contribution is -0.947. The first-order valence-corrected chi connectivity index (χ1v) is 8.96. The van der Waals surface area contributed by atoms with Gasteiger partial charge in [0.1, 0.15) is 6.61 Å². The molecule has 3 heterocycles. The van der Waals surface area contributed by atoms with E-state index in [0.717, 1.165) is 12.6 Å². The minimum atomic E-state index is 0.125. The quantitative estimate of drug-likeness (QED) is 0.734. The maximum absolute atomic E-state index is 12.1. The van der Waals surface area contributed by atoms with Crippen LogP contribution < -0.4 is 0 Å². The highest BCUT2D eigenvalue weighted by Crippen LogP contribution is 2.36. The van der Waals surface area contributed by atoms with Gasteiger partial charge in [-0.3, -0.25) is 4.79 Å². The average molecular weight is 311 g/mol. The zero-order valence-corrected chi connectivity index (χ0v) is 14.0. The molecule has 22 heavy (non-hydrogen) atoms. The Morgan fingerprint density at radius 2 is 1.95 bits per heavy atom. The molecule has 126 valence electrons. The second-order valence-corrected chi connectivity index (χ2v) is 7.40. The highest BCUT2D eigenvalue weighted by atomic mass is 16.5. The van der Waals surface area contributed by atoms with Crippen LogP contribution in [-0.2, 0) is 14.3 Å². The van der Waals surface area contributed by atoms with Gasteiger partial charge in [0.15, 0.2) is 0 Å². The van der Waals surface area contributed by atoms with Crippen LogP contribution in [0.4, 0.5) is 0 Å². The molecule has 5 heteroatoms. The van der Waals surface area contributed by atoms with Crippen LogP contribution in [-0.4, -0.2) is 81.0 Å². The maximum Gasteiger partial charge on any atom is 0.248 e. The van der Waals surface area contributed by atoms with E-state index in [0.29, 0.717) is 32.2 Å². The first kappa shape index (κ1) is 16.2. The topological polar surface area (TPSA) is 38.8 Å². The van der Waals surface area contributed by atoms with Gasteiger partial charge in [-0.1, -0.05) is 0 Å². The lowest BCUT2D eigenvalue weighted by Gasteiger charge is -2.51. The molecular formula is C17H31N2O3+. The SMILES string of the molecule is C[N@+]12CCCC[C@H]1[C@H](COCC(=O)N1CCOCC1)CCC2. The van der Waals surface area contributed by atoms with Gasteiger partial charge in [-0.25, -0.2) is 0 Å². The summed E-state index contributed by atoms with van der Waals surface area (Å²) in [6, 6.07) is 0.751. The number of piperidine rings is 2. The van der Waals surface area contributed by atoms with Crippen molar-refractivity contribution >= 4 is 5.91 Å². The highest BCUT2D eigenvalue weighted by Gasteiger charge is 2.43. The van der Waals surface area contributed by atoms with E-state index >= 15 is 0 Å². The summed E-state index contributed by atoms with van der Waals surface area (Å²) in [5.41, 5.74) is 0. The Hall–Kier alpha value is -0.650. The molecule has 0 N–H and O–H groups in total. The van der Waals surface area contributed by atoms with E-state index in [1.54, 1.807) is 0 Å². The van der Waals surface area contributed by atoms with Crippen LogP contribution in [0.2, 0.25) is 0 Å². The Bertz CT molecular complexity index is 380. The third-order valence-electron chi connectivity index (χ3n) is 5.93. The van der Waals surface area contributed by atoms with Crippen LogP contribution in [0, 0.1) is 5.92 Å². The molecule has 3 saturated heterocycles. The van der Waals surface area contributed by atoms with Gasteiger partial charge in [0.05, 0.1) is 46.0 Å². The summed E-state index contributed by atoms with van der Waals surface area (Å²) in [5.74, 6) is 0.761. The van der Waals surface area contributed by atoms with Crippen LogP contribution in [0.15, 0.2) is 0 Å². The first-order valence-electron chi connectivity index (χ1n) is 8.96. The summed E-state index contributed by atoms with van der Waals surface area (Å²) in [7, 11) is 2.43. The van der Waals surface area contributed by atoms with Crippen LogP contribution in [0.3, 0.4) is 0 Å². The van der Waals surface area contributed by atoms with Gasteiger partial charge in [-0.2, -0.15) is 0 Å². The van der Waals surface area contributed by atoms with Crippen LogP contribution in [0.1, 0.15) is 32.1 Å². The van der Waals surface area contributed by atoms with E-state index < -0.39 is 0 Å². The Balaban J connectivity index is 1.45. The van der Waals surface area contributed by atoms with Gasteiger partial charge < -0.3 is 18.9 Å². The molecule has 3 atom stereocenters. The summed E-state index contributed by atoms with van der Waals surface area (Å²) in [6.07, 6.45) is 6.64. The molecule has 0 aliphatic carbocycles.